The van der Waals surface area contributed by atoms with E-state index in [2.05, 4.69) is 12.2 Å². The number of hydrogen-bond acceptors (Lipinski definition) is 2. The van der Waals surface area contributed by atoms with Gasteiger partial charge in [0, 0.05) is 12.1 Å². The second kappa shape index (κ2) is 8.38. The van der Waals surface area contributed by atoms with Crippen LogP contribution in [0.25, 0.3) is 0 Å². The van der Waals surface area contributed by atoms with Crippen LogP contribution in [0.3, 0.4) is 0 Å². The Labute approximate surface area is 121 Å². The first kappa shape index (κ1) is 15.5. The number of benzene rings is 1. The highest BCUT2D eigenvalue weighted by Crippen LogP contribution is 2.27. The van der Waals surface area contributed by atoms with E-state index in [0.717, 1.165) is 13.2 Å². The molecule has 1 N–H and O–H groups in total. The molecule has 1 atom stereocenters. The zero-order valence-electron chi connectivity index (χ0n) is 12.4. The van der Waals surface area contributed by atoms with E-state index in [9.17, 15) is 4.39 Å². The Morgan fingerprint density at radius 1 is 1.25 bits per heavy atom. The van der Waals surface area contributed by atoms with Gasteiger partial charge in [-0.2, -0.15) is 0 Å². The Morgan fingerprint density at radius 3 is 2.70 bits per heavy atom. The SMILES string of the molecule is CCNCC(OCC1CCCCC1)c1ccccc1F. The average Bonchev–Trinajstić information content (AvgIpc) is 2.49. The van der Waals surface area contributed by atoms with Crippen molar-refractivity contribution in [1.82, 2.24) is 5.32 Å². The molecule has 0 radical (unpaired) electrons. The molecule has 2 rings (SSSR count). The van der Waals surface area contributed by atoms with Gasteiger partial charge in [0.05, 0.1) is 12.7 Å². The van der Waals surface area contributed by atoms with Gasteiger partial charge in [-0.15, -0.1) is 0 Å². The maximum atomic E-state index is 13.9. The van der Waals surface area contributed by atoms with Crippen LogP contribution in [0.15, 0.2) is 24.3 Å². The van der Waals surface area contributed by atoms with Crippen LogP contribution in [0.5, 0.6) is 0 Å². The summed E-state index contributed by atoms with van der Waals surface area (Å²) in [6, 6.07) is 6.95. The lowest BCUT2D eigenvalue weighted by Crippen LogP contribution is -2.26. The van der Waals surface area contributed by atoms with E-state index < -0.39 is 0 Å². The first-order valence-electron chi connectivity index (χ1n) is 7.88. The molecular weight excluding hydrogens is 253 g/mol. The third-order valence-electron chi connectivity index (χ3n) is 4.09. The van der Waals surface area contributed by atoms with Gasteiger partial charge in [-0.3, -0.25) is 0 Å². The van der Waals surface area contributed by atoms with Gasteiger partial charge in [0.15, 0.2) is 0 Å². The third-order valence-corrected chi connectivity index (χ3v) is 4.09. The van der Waals surface area contributed by atoms with Crippen molar-refractivity contribution in [2.45, 2.75) is 45.1 Å². The van der Waals surface area contributed by atoms with Crippen molar-refractivity contribution in [3.8, 4) is 0 Å². The number of likely N-dealkylation sites (N-methyl/N-ethyl adjacent to an activating group) is 1. The van der Waals surface area contributed by atoms with E-state index >= 15 is 0 Å². The summed E-state index contributed by atoms with van der Waals surface area (Å²) in [4.78, 5) is 0. The zero-order valence-corrected chi connectivity index (χ0v) is 12.4. The third kappa shape index (κ3) is 4.57. The van der Waals surface area contributed by atoms with E-state index in [4.69, 9.17) is 4.74 Å². The summed E-state index contributed by atoms with van der Waals surface area (Å²) >= 11 is 0. The summed E-state index contributed by atoms with van der Waals surface area (Å²) < 4.78 is 20.0. The predicted molar refractivity (Wildman–Crippen MR) is 80.2 cm³/mol. The molecule has 0 amide bonds. The van der Waals surface area contributed by atoms with Crippen molar-refractivity contribution in [2.75, 3.05) is 19.7 Å². The smallest absolute Gasteiger partial charge is 0.129 e. The van der Waals surface area contributed by atoms with E-state index in [1.165, 1.54) is 38.2 Å². The summed E-state index contributed by atoms with van der Waals surface area (Å²) in [5.74, 6) is 0.485. The van der Waals surface area contributed by atoms with Crippen LogP contribution < -0.4 is 5.32 Å². The molecule has 0 bridgehead atoms. The molecule has 3 heteroatoms. The van der Waals surface area contributed by atoms with Gasteiger partial charge >= 0.3 is 0 Å². The van der Waals surface area contributed by atoms with Crippen molar-refractivity contribution in [3.05, 3.63) is 35.6 Å². The molecule has 112 valence electrons. The number of rotatable bonds is 7. The van der Waals surface area contributed by atoms with Crippen molar-refractivity contribution >= 4 is 0 Å². The standard InChI is InChI=1S/C17H26FNO/c1-2-19-12-17(15-10-6-7-11-16(15)18)20-13-14-8-4-3-5-9-14/h6-7,10-11,14,17,19H,2-5,8-9,12-13H2,1H3. The monoisotopic (exact) mass is 279 g/mol. The normalized spacial score (nSPS) is 18.1. The molecule has 0 aliphatic heterocycles. The molecule has 0 heterocycles. The topological polar surface area (TPSA) is 21.3 Å². The average molecular weight is 279 g/mol. The fraction of sp³-hybridized carbons (Fsp3) is 0.647. The Morgan fingerprint density at radius 2 is 2.00 bits per heavy atom. The molecule has 2 nitrogen and oxygen atoms in total. The molecule has 20 heavy (non-hydrogen) atoms. The van der Waals surface area contributed by atoms with Crippen LogP contribution in [0, 0.1) is 11.7 Å². The number of ether oxygens (including phenoxy) is 1. The van der Waals surface area contributed by atoms with E-state index in [1.807, 2.05) is 12.1 Å². The molecule has 1 aliphatic rings. The van der Waals surface area contributed by atoms with Crippen molar-refractivity contribution in [3.63, 3.8) is 0 Å². The summed E-state index contributed by atoms with van der Waals surface area (Å²) in [6.07, 6.45) is 6.30. The van der Waals surface area contributed by atoms with Gasteiger partial charge in [-0.1, -0.05) is 44.4 Å². The maximum Gasteiger partial charge on any atom is 0.129 e. The summed E-state index contributed by atoms with van der Waals surface area (Å²) in [6.45, 7) is 4.35. The maximum absolute atomic E-state index is 13.9. The molecular formula is C17H26FNO. The highest BCUT2D eigenvalue weighted by molar-refractivity contribution is 5.20. The lowest BCUT2D eigenvalue weighted by atomic mass is 9.90. The molecule has 1 unspecified atom stereocenters. The van der Waals surface area contributed by atoms with Crippen molar-refractivity contribution in [2.24, 2.45) is 5.92 Å². The highest BCUT2D eigenvalue weighted by atomic mass is 19.1. The minimum absolute atomic E-state index is 0.168. The van der Waals surface area contributed by atoms with Crippen LogP contribution in [-0.4, -0.2) is 19.7 Å². The fourth-order valence-electron chi connectivity index (χ4n) is 2.88. The van der Waals surface area contributed by atoms with Gasteiger partial charge in [-0.25, -0.2) is 4.39 Å². The van der Waals surface area contributed by atoms with Crippen LogP contribution in [-0.2, 0) is 4.74 Å². The first-order valence-corrected chi connectivity index (χ1v) is 7.88. The van der Waals surface area contributed by atoms with E-state index in [1.54, 1.807) is 6.07 Å². The molecule has 0 spiro atoms. The van der Waals surface area contributed by atoms with E-state index in [-0.39, 0.29) is 11.9 Å². The number of halogens is 1. The van der Waals surface area contributed by atoms with Gasteiger partial charge in [0.1, 0.15) is 5.82 Å². The summed E-state index contributed by atoms with van der Waals surface area (Å²) in [5.41, 5.74) is 0.671. The highest BCUT2D eigenvalue weighted by Gasteiger charge is 2.19. The molecule has 1 aliphatic carbocycles. The van der Waals surface area contributed by atoms with Crippen LogP contribution in [0.4, 0.5) is 4.39 Å². The van der Waals surface area contributed by atoms with Gasteiger partial charge in [-0.05, 0) is 31.4 Å². The lowest BCUT2D eigenvalue weighted by molar-refractivity contribution is 0.0184. The second-order valence-corrected chi connectivity index (χ2v) is 5.66. The second-order valence-electron chi connectivity index (χ2n) is 5.66. The largest absolute Gasteiger partial charge is 0.372 e. The Kier molecular flexibility index (Phi) is 6.48. The summed E-state index contributed by atoms with van der Waals surface area (Å²) in [5, 5.41) is 3.27. The Bertz CT molecular complexity index is 390. The van der Waals surface area contributed by atoms with Crippen LogP contribution in [0.2, 0.25) is 0 Å². The van der Waals surface area contributed by atoms with Gasteiger partial charge < -0.3 is 10.1 Å². The first-order chi connectivity index (χ1) is 9.81. The predicted octanol–water partition coefficient (Wildman–Crippen LogP) is 4.07. The lowest BCUT2D eigenvalue weighted by Gasteiger charge is -2.25. The minimum atomic E-state index is -0.182. The van der Waals surface area contributed by atoms with E-state index in [0.29, 0.717) is 18.0 Å². The molecule has 1 aromatic rings. The quantitative estimate of drug-likeness (QED) is 0.812. The fourth-order valence-corrected chi connectivity index (χ4v) is 2.88. The Balaban J connectivity index is 1.94. The molecule has 0 saturated heterocycles. The van der Waals surface area contributed by atoms with Gasteiger partial charge in [0.25, 0.3) is 0 Å². The molecule has 0 aromatic heterocycles. The summed E-state index contributed by atoms with van der Waals surface area (Å²) in [7, 11) is 0. The zero-order chi connectivity index (χ0) is 14.2. The van der Waals surface area contributed by atoms with Gasteiger partial charge in [0.2, 0.25) is 0 Å². The van der Waals surface area contributed by atoms with Crippen molar-refractivity contribution < 1.29 is 9.13 Å². The van der Waals surface area contributed by atoms with Crippen LogP contribution >= 0.6 is 0 Å². The number of hydrogen-bond donors (Lipinski definition) is 1. The van der Waals surface area contributed by atoms with Crippen molar-refractivity contribution in [1.29, 1.82) is 0 Å². The minimum Gasteiger partial charge on any atom is -0.372 e. The molecule has 1 saturated carbocycles. The Hall–Kier alpha value is -0.930. The molecule has 1 aromatic carbocycles. The molecule has 1 fully saturated rings. The van der Waals surface area contributed by atoms with Crippen LogP contribution in [0.1, 0.15) is 50.7 Å². The number of nitrogens with one attached hydrogen (secondary N) is 1.